The van der Waals surface area contributed by atoms with Gasteiger partial charge in [-0.1, -0.05) is 67.6 Å². The molecule has 1 heterocycles. The molecule has 0 unspecified atom stereocenters. The highest BCUT2D eigenvalue weighted by Crippen LogP contribution is 2.46. The highest BCUT2D eigenvalue weighted by Gasteiger charge is 2.28. The number of rotatable bonds is 6. The molecule has 3 aromatic carbocycles. The number of fused-ring (bicyclic) bond motifs is 1. The number of nitrogens with zero attached hydrogens (tertiary/aromatic N) is 1. The molecule has 5 rings (SSSR count). The Balaban J connectivity index is 1.81. The van der Waals surface area contributed by atoms with Crippen molar-refractivity contribution in [1.29, 1.82) is 0 Å². The first-order valence-electron chi connectivity index (χ1n) is 10.8. The highest BCUT2D eigenvalue weighted by molar-refractivity contribution is 7.16. The fourth-order valence-electron chi connectivity index (χ4n) is 4.28. The summed E-state index contributed by atoms with van der Waals surface area (Å²) in [5.41, 5.74) is 8.44. The lowest BCUT2D eigenvalue weighted by Gasteiger charge is -2.32. The number of allylic oxidation sites excluding steroid dienone is 1. The van der Waals surface area contributed by atoms with Gasteiger partial charge in [0, 0.05) is 11.6 Å². The Morgan fingerprint density at radius 2 is 1.78 bits per heavy atom. The molecule has 32 heavy (non-hydrogen) atoms. The molecular formula is C28H23NO2S. The van der Waals surface area contributed by atoms with Crippen LogP contribution in [0.4, 0.5) is 0 Å². The Hall–Kier alpha value is -3.50. The molecule has 1 fully saturated rings. The number of para-hydroxylation sites is 1. The van der Waals surface area contributed by atoms with E-state index in [4.69, 9.17) is 4.74 Å². The van der Waals surface area contributed by atoms with Crippen molar-refractivity contribution in [2.45, 2.75) is 19.3 Å². The summed E-state index contributed by atoms with van der Waals surface area (Å²) in [6, 6.07) is 24.8. The monoisotopic (exact) mass is 437 g/mol. The van der Waals surface area contributed by atoms with E-state index in [1.807, 2.05) is 35.8 Å². The first-order chi connectivity index (χ1) is 15.7. The molecule has 0 N–H and O–H groups in total. The van der Waals surface area contributed by atoms with Gasteiger partial charge in [-0.05, 0) is 59.2 Å². The number of esters is 1. The quantitative estimate of drug-likeness (QED) is 0.139. The largest absolute Gasteiger partial charge is 0.423 e. The molecule has 0 atom stereocenters. The molecule has 0 bridgehead atoms. The number of carbonyl (C=O) groups is 1. The van der Waals surface area contributed by atoms with Crippen LogP contribution < -0.4 is 4.74 Å². The molecule has 1 aliphatic rings. The predicted molar refractivity (Wildman–Crippen MR) is 132 cm³/mol. The number of aromatic nitrogens is 1. The minimum atomic E-state index is -0.461. The Kier molecular flexibility index (Phi) is 5.70. The van der Waals surface area contributed by atoms with E-state index in [0.29, 0.717) is 11.7 Å². The topological polar surface area (TPSA) is 39.2 Å². The minimum Gasteiger partial charge on any atom is -0.423 e. The lowest BCUT2D eigenvalue weighted by Crippen LogP contribution is -2.15. The summed E-state index contributed by atoms with van der Waals surface area (Å²) in [5.74, 6) is 0.539. The van der Waals surface area contributed by atoms with Crippen LogP contribution in [-0.4, -0.2) is 11.0 Å². The molecule has 4 heteroatoms. The molecule has 0 radical (unpaired) electrons. The van der Waals surface area contributed by atoms with Gasteiger partial charge in [-0.2, -0.15) is 0 Å². The molecule has 0 amide bonds. The van der Waals surface area contributed by atoms with Crippen LogP contribution in [0.2, 0.25) is 0 Å². The van der Waals surface area contributed by atoms with Gasteiger partial charge in [0.1, 0.15) is 5.75 Å². The van der Waals surface area contributed by atoms with Crippen LogP contribution in [0.5, 0.6) is 5.75 Å². The predicted octanol–water partition coefficient (Wildman–Crippen LogP) is 7.15. The second-order valence-electron chi connectivity index (χ2n) is 7.94. The van der Waals surface area contributed by atoms with Crippen LogP contribution in [0, 0.1) is 5.92 Å². The van der Waals surface area contributed by atoms with Crippen molar-refractivity contribution in [2.75, 3.05) is 0 Å². The van der Waals surface area contributed by atoms with Gasteiger partial charge in [0.25, 0.3) is 0 Å². The summed E-state index contributed by atoms with van der Waals surface area (Å²) in [4.78, 5) is 16.7. The third-order valence-corrected chi connectivity index (χ3v) is 6.83. The van der Waals surface area contributed by atoms with Crippen molar-refractivity contribution in [2.24, 2.45) is 5.92 Å². The summed E-state index contributed by atoms with van der Waals surface area (Å²) >= 11 is 1.64. The highest BCUT2D eigenvalue weighted by atomic mass is 32.1. The average molecular weight is 438 g/mol. The van der Waals surface area contributed by atoms with Gasteiger partial charge in [-0.3, -0.25) is 0 Å². The van der Waals surface area contributed by atoms with Crippen molar-refractivity contribution in [3.8, 4) is 5.75 Å². The summed E-state index contributed by atoms with van der Waals surface area (Å²) in [5, 5.41) is 0. The van der Waals surface area contributed by atoms with Crippen molar-refractivity contribution in [3.05, 3.63) is 108 Å². The van der Waals surface area contributed by atoms with Gasteiger partial charge in [0.05, 0.1) is 15.7 Å². The standard InChI is InChI=1S/C28H23NO2S/c1-2-26(30)31-24-14-7-6-13-22(24)28(21-15-16-25-23(17-21)29-18-32-25)27(20-11-8-12-20)19-9-4-3-5-10-19/h2-7,9-10,13-18,20H,1,8,11-12H2/b28-27-. The van der Waals surface area contributed by atoms with E-state index in [9.17, 15) is 4.79 Å². The molecule has 3 nitrogen and oxygen atoms in total. The number of thiazole rings is 1. The normalized spacial score (nSPS) is 14.5. The van der Waals surface area contributed by atoms with E-state index >= 15 is 0 Å². The summed E-state index contributed by atoms with van der Waals surface area (Å²) in [7, 11) is 0. The molecular weight excluding hydrogens is 414 g/mol. The van der Waals surface area contributed by atoms with Crippen LogP contribution in [0.25, 0.3) is 21.4 Å². The maximum atomic E-state index is 12.1. The van der Waals surface area contributed by atoms with Crippen LogP contribution in [0.1, 0.15) is 36.0 Å². The van der Waals surface area contributed by atoms with E-state index in [2.05, 4.69) is 54.0 Å². The molecule has 0 spiro atoms. The molecule has 1 saturated carbocycles. The third-order valence-electron chi connectivity index (χ3n) is 6.02. The van der Waals surface area contributed by atoms with Crippen molar-refractivity contribution < 1.29 is 9.53 Å². The number of hydrogen-bond acceptors (Lipinski definition) is 4. The maximum Gasteiger partial charge on any atom is 0.335 e. The van der Waals surface area contributed by atoms with Crippen LogP contribution in [-0.2, 0) is 4.79 Å². The van der Waals surface area contributed by atoms with Crippen molar-refractivity contribution in [3.63, 3.8) is 0 Å². The van der Waals surface area contributed by atoms with Crippen LogP contribution >= 0.6 is 11.3 Å². The average Bonchev–Trinajstić information content (AvgIpc) is 3.27. The molecule has 158 valence electrons. The third kappa shape index (κ3) is 3.90. The number of hydrogen-bond donors (Lipinski definition) is 0. The van der Waals surface area contributed by atoms with Crippen LogP contribution in [0.15, 0.2) is 91.0 Å². The number of ether oxygens (including phenoxy) is 1. The minimum absolute atomic E-state index is 0.460. The van der Waals surface area contributed by atoms with E-state index in [1.165, 1.54) is 23.6 Å². The molecule has 0 saturated heterocycles. The summed E-state index contributed by atoms with van der Waals surface area (Å²) in [6.45, 7) is 3.56. The van der Waals surface area contributed by atoms with E-state index in [1.54, 1.807) is 11.3 Å². The Bertz CT molecular complexity index is 1320. The maximum absolute atomic E-state index is 12.1. The second kappa shape index (κ2) is 8.93. The van der Waals surface area contributed by atoms with Gasteiger partial charge in [0.15, 0.2) is 0 Å². The van der Waals surface area contributed by atoms with Gasteiger partial charge < -0.3 is 4.74 Å². The van der Waals surface area contributed by atoms with Gasteiger partial charge in [-0.15, -0.1) is 11.3 Å². The lowest BCUT2D eigenvalue weighted by molar-refractivity contribution is -0.128. The van der Waals surface area contributed by atoms with Crippen LogP contribution in [0.3, 0.4) is 0 Å². The van der Waals surface area contributed by atoms with Gasteiger partial charge >= 0.3 is 5.97 Å². The summed E-state index contributed by atoms with van der Waals surface area (Å²) < 4.78 is 6.84. The van der Waals surface area contributed by atoms with Gasteiger partial charge in [-0.25, -0.2) is 9.78 Å². The second-order valence-corrected chi connectivity index (χ2v) is 8.83. The van der Waals surface area contributed by atoms with Gasteiger partial charge in [0.2, 0.25) is 0 Å². The number of benzene rings is 3. The zero-order valence-electron chi connectivity index (χ0n) is 17.7. The van der Waals surface area contributed by atoms with Crippen molar-refractivity contribution in [1.82, 2.24) is 4.98 Å². The molecule has 1 aliphatic carbocycles. The summed E-state index contributed by atoms with van der Waals surface area (Å²) in [6.07, 6.45) is 4.74. The zero-order chi connectivity index (χ0) is 21.9. The van der Waals surface area contributed by atoms with Crippen molar-refractivity contribution >= 4 is 38.7 Å². The van der Waals surface area contributed by atoms with E-state index in [0.717, 1.165) is 39.8 Å². The molecule has 0 aliphatic heterocycles. The van der Waals surface area contributed by atoms with E-state index < -0.39 is 5.97 Å². The Labute approximate surface area is 191 Å². The molecule has 1 aromatic heterocycles. The van der Waals surface area contributed by atoms with E-state index in [-0.39, 0.29) is 0 Å². The fraction of sp³-hybridized carbons (Fsp3) is 0.143. The Morgan fingerprint density at radius 1 is 1.00 bits per heavy atom. The number of carbonyl (C=O) groups excluding carboxylic acids is 1. The fourth-order valence-corrected chi connectivity index (χ4v) is 4.94. The first kappa shape index (κ1) is 20.4. The zero-order valence-corrected chi connectivity index (χ0v) is 18.5. The first-order valence-corrected chi connectivity index (χ1v) is 11.7. The smallest absolute Gasteiger partial charge is 0.335 e. The molecule has 4 aromatic rings. The lowest BCUT2D eigenvalue weighted by atomic mass is 9.73. The Morgan fingerprint density at radius 3 is 2.53 bits per heavy atom. The SMILES string of the molecule is C=CC(=O)Oc1ccccc1/C(=C(/c1ccccc1)C1CCC1)c1ccc2scnc2c1.